The van der Waals surface area contributed by atoms with Crippen molar-refractivity contribution in [2.45, 2.75) is 245 Å². The van der Waals surface area contributed by atoms with E-state index in [0.29, 0.717) is 39.5 Å². The van der Waals surface area contributed by atoms with Gasteiger partial charge in [-0.1, -0.05) is 136 Å². The fourth-order valence-electron chi connectivity index (χ4n) is 15.6. The van der Waals surface area contributed by atoms with Crippen LogP contribution in [0, 0.1) is 41.5 Å². The van der Waals surface area contributed by atoms with Gasteiger partial charge >= 0.3 is 17.9 Å². The van der Waals surface area contributed by atoms with E-state index >= 15 is 0 Å². The first-order chi connectivity index (χ1) is 62.4. The lowest BCUT2D eigenvalue weighted by molar-refractivity contribution is -0.171. The Hall–Kier alpha value is -12.5. The van der Waals surface area contributed by atoms with Crippen LogP contribution in [0.2, 0.25) is 5.15 Å². The number of hydrogen-bond donors (Lipinski definition) is 1. The normalized spacial score (nSPS) is 13.9. The number of nitrogens with zero attached hydrogens (tertiary/aromatic N) is 7. The Bertz CT molecular complexity index is 5980. The molecule has 21 nitrogen and oxygen atoms in total. The number of fused-ring (bicyclic) bond motifs is 4. The quantitative estimate of drug-likeness (QED) is 0.0230. The Labute approximate surface area is 779 Å². The molecule has 22 heteroatoms. The van der Waals surface area contributed by atoms with Crippen molar-refractivity contribution in [2.75, 3.05) is 54.0 Å². The fourth-order valence-corrected chi connectivity index (χ4v) is 15.9. The van der Waals surface area contributed by atoms with Crippen molar-refractivity contribution in [3.05, 3.63) is 247 Å². The molecule has 4 aliphatic rings. The summed E-state index contributed by atoms with van der Waals surface area (Å²) in [5, 5.41) is 13.5. The van der Waals surface area contributed by atoms with E-state index in [-0.39, 0.29) is 28.3 Å². The first kappa shape index (κ1) is 101. The van der Waals surface area contributed by atoms with Crippen LogP contribution < -0.4 is 28.9 Å². The highest BCUT2D eigenvalue weighted by molar-refractivity contribution is 6.33. The number of rotatable bonds is 21. The number of para-hydroxylation sites is 4. The molecule has 3 saturated heterocycles. The standard InChI is InChI=1S/C32H38N2O4.C28H30N2O4.C17H24O4.C15H16N2O.C11H8ClNO.C5H10.CH4/c1-21-18-23(19-22(2)28(21)37-32(6,7)30(36)38-31(3,4)5)14-15-27(35)25-20-24-12-8-9-13-26(24)33-29(25)34-16-10-11-17-34;1-18-15-20(16-19(2)25(18)34-28(3,4)27(32)33)11-12-24(31)22-17-21-9-5-6-10-23(21)29-26(22)30-13-7-8-14-30;1-11-8-13(10-18)9-12(2)14(11)20-17(6,7)15(19)21-16(3,4)5;1-11(18)13-10-12-6-2-3-7-14(12)16-15(13)17-8-4-5-9-17;1-7(14)9-6-8-4-2-3-5-10(8)13-11(9)12;1-2-4-5-3-1;/h8-9,12-15,18-20H,10-11,16-17H2,1-7H3;5-6,9-12,15-17H,7-8,13-14H2,1-4H3,(H,32,33);8-10H,1-7H3;2-3,6-7,10H,4-5,8-9H2,1H3;2-6H,1H3;1-5H2;1H4/b15-14+;12-11+;;;;;/i;;;;;;1T. The number of hydrogen-bond acceptors (Lipinski definition) is 20. The monoisotopic (exact) mass is 1800 g/mol. The lowest BCUT2D eigenvalue weighted by Crippen LogP contribution is -2.43. The minimum Gasteiger partial charge on any atom is -0.478 e. The largest absolute Gasteiger partial charge is 0.478 e. The molecule has 11 aromatic rings. The number of carboxylic acids is 1. The molecule has 15 rings (SSSR count). The predicted octanol–water partition coefficient (Wildman–Crippen LogP) is 24.8. The van der Waals surface area contributed by atoms with Crippen LogP contribution in [-0.4, -0.2) is 140 Å². The summed E-state index contributed by atoms with van der Waals surface area (Å²) in [7, 11) is 1.25. The average Bonchev–Trinajstić information content (AvgIpc) is 1.53. The molecule has 0 atom stereocenters. The number of esters is 2. The number of aldehydes is 1. The molecule has 0 bridgehead atoms. The summed E-state index contributed by atoms with van der Waals surface area (Å²) in [4.78, 5) is 122. The van der Waals surface area contributed by atoms with Gasteiger partial charge in [-0.15, -0.1) is 0 Å². The lowest BCUT2D eigenvalue weighted by atomic mass is 10.0. The number of allylic oxidation sites excluding steroid dienone is 2. The van der Waals surface area contributed by atoms with Crippen molar-refractivity contribution in [1.29, 1.82) is 0 Å². The second-order valence-corrected chi connectivity index (χ2v) is 37.6. The van der Waals surface area contributed by atoms with E-state index in [4.69, 9.17) is 46.6 Å². The van der Waals surface area contributed by atoms with Gasteiger partial charge in [0.25, 0.3) is 0 Å². The van der Waals surface area contributed by atoms with Crippen molar-refractivity contribution in [3.8, 4) is 17.2 Å². The smallest absolute Gasteiger partial charge is 0.350 e. The van der Waals surface area contributed by atoms with E-state index < -0.39 is 45.9 Å². The number of ketones is 4. The van der Waals surface area contributed by atoms with Crippen molar-refractivity contribution < 1.29 is 68.5 Å². The molecule has 0 radical (unpaired) electrons. The number of ether oxygens (including phenoxy) is 5. The Morgan fingerprint density at radius 3 is 0.916 bits per heavy atom. The number of aliphatic carboxylic acids is 1. The molecule has 4 aromatic heterocycles. The molecule has 7 aromatic carbocycles. The lowest BCUT2D eigenvalue weighted by Gasteiger charge is -2.30. The van der Waals surface area contributed by atoms with E-state index in [0.717, 1.165) is 182 Å². The molecular formula is C109H130ClN7O14. The molecule has 692 valence electrons. The van der Waals surface area contributed by atoms with Gasteiger partial charge in [-0.05, 0) is 319 Å². The average molecular weight is 1800 g/mol. The van der Waals surface area contributed by atoms with Gasteiger partial charge in [0.2, 0.25) is 0 Å². The molecule has 4 fully saturated rings. The molecule has 0 amide bonds. The minimum absolute atomic E-state index is 0.0618. The summed E-state index contributed by atoms with van der Waals surface area (Å²) in [5.41, 5.74) is 8.56. The highest BCUT2D eigenvalue weighted by Crippen LogP contribution is 2.37. The molecular weight excluding hydrogens is 1670 g/mol. The maximum Gasteiger partial charge on any atom is 0.350 e. The van der Waals surface area contributed by atoms with Crippen molar-refractivity contribution in [3.63, 3.8) is 0 Å². The Kier molecular flexibility index (Phi) is 34.5. The molecule has 1 aliphatic carbocycles. The highest BCUT2D eigenvalue weighted by atomic mass is 35.5. The zero-order chi connectivity index (χ0) is 96.7. The first-order valence-corrected chi connectivity index (χ1v) is 45.3. The summed E-state index contributed by atoms with van der Waals surface area (Å²) in [6.07, 6.45) is 21.9. The Morgan fingerprint density at radius 1 is 0.374 bits per heavy atom. The second-order valence-electron chi connectivity index (χ2n) is 37.2. The third-order valence-electron chi connectivity index (χ3n) is 22.4. The summed E-state index contributed by atoms with van der Waals surface area (Å²) in [6.45, 7) is 40.8. The van der Waals surface area contributed by atoms with Crippen LogP contribution >= 0.6 is 11.6 Å². The van der Waals surface area contributed by atoms with E-state index in [2.05, 4.69) is 24.7 Å². The molecule has 1 saturated carbocycles. The molecule has 0 unspecified atom stereocenters. The molecule has 0 spiro atoms. The van der Waals surface area contributed by atoms with Crippen molar-refractivity contribution >= 4 is 132 Å². The van der Waals surface area contributed by atoms with Crippen LogP contribution in [0.5, 0.6) is 17.2 Å². The summed E-state index contributed by atoms with van der Waals surface area (Å²) in [6, 6.07) is 50.1. The van der Waals surface area contributed by atoms with Gasteiger partial charge in [0, 0.05) is 67.7 Å². The summed E-state index contributed by atoms with van der Waals surface area (Å²) < 4.78 is 34.5. The number of aryl methyl sites for hydroxylation is 6. The summed E-state index contributed by atoms with van der Waals surface area (Å²) in [5.74, 6) is 2.15. The summed E-state index contributed by atoms with van der Waals surface area (Å²) >= 11 is 5.87. The Morgan fingerprint density at radius 2 is 0.634 bits per heavy atom. The van der Waals surface area contributed by atoms with Crippen LogP contribution in [0.15, 0.2) is 170 Å². The number of carboxylic acid groups (broad SMARTS) is 1. The number of carbonyl (C=O) groups is 8. The van der Waals surface area contributed by atoms with Gasteiger partial charge in [0.05, 0.1) is 44.3 Å². The number of pyridine rings is 4. The minimum atomic E-state index is -1.34. The van der Waals surface area contributed by atoms with E-state index in [9.17, 15) is 43.5 Å². The molecule has 3 aliphatic heterocycles. The van der Waals surface area contributed by atoms with Gasteiger partial charge < -0.3 is 43.5 Å². The highest BCUT2D eigenvalue weighted by Gasteiger charge is 2.38. The Balaban J connectivity index is 0.000000189. The zero-order valence-corrected chi connectivity index (χ0v) is 80.9. The van der Waals surface area contributed by atoms with Crippen molar-refractivity contribution in [2.24, 2.45) is 0 Å². The molecule has 1 N–H and O–H groups in total. The SMILES string of the molecule is C1CCCC1.CC(=O)c1cc2ccccc2nc1Cl.CC(=O)c1cc2ccccc2nc1N1CCCC1.Cc1cc(/C=C/C(=O)c2cc3ccccc3nc2N2CCCC2)cc(C)c1OC(C)(C)C(=O)O.Cc1cc(/C=C/C(=O)c2cc3ccccc3nc2N2CCCC2)cc(C)c1OC(C)(C)C(=O)OC(C)(C)C.Cc1cc(C=O)cc(C)c1OC(C)(C)C(=O)OC(C)(C)C.[3H]C. The number of aromatic nitrogens is 4. The number of halogens is 1. The predicted molar refractivity (Wildman–Crippen MR) is 529 cm³/mol. The zero-order valence-electron chi connectivity index (χ0n) is 81.2. The maximum absolute atomic E-state index is 13.4. The number of Topliss-reactive ketones (excluding diaryl/α,β-unsaturated/α-hetero) is 2. The second kappa shape index (κ2) is 44.9. The van der Waals surface area contributed by atoms with Crippen LogP contribution in [-0.2, 0) is 23.9 Å². The first-order valence-electron chi connectivity index (χ1n) is 45.9. The van der Waals surface area contributed by atoms with Gasteiger partial charge in [-0.3, -0.25) is 24.0 Å². The van der Waals surface area contributed by atoms with Crippen LogP contribution in [0.1, 0.15) is 273 Å². The third-order valence-corrected chi connectivity index (χ3v) is 22.6. The molecule has 7 heterocycles. The van der Waals surface area contributed by atoms with Gasteiger partial charge in [0.1, 0.15) is 57.3 Å². The topological polar surface area (TPSA) is 264 Å². The van der Waals surface area contributed by atoms with Gasteiger partial charge in [-0.25, -0.2) is 34.3 Å². The van der Waals surface area contributed by atoms with E-state index in [1.54, 1.807) is 71.0 Å². The van der Waals surface area contributed by atoms with Crippen LogP contribution in [0.4, 0.5) is 17.5 Å². The number of carbonyl (C=O) groups excluding carboxylic acids is 7. The van der Waals surface area contributed by atoms with E-state index in [1.807, 2.05) is 229 Å². The van der Waals surface area contributed by atoms with Crippen LogP contribution in [0.3, 0.4) is 0 Å². The van der Waals surface area contributed by atoms with Gasteiger partial charge in [0.15, 0.2) is 39.9 Å². The molecule has 131 heavy (non-hydrogen) atoms. The fraction of sp³-hybridized carbons (Fsp3) is 0.394. The van der Waals surface area contributed by atoms with Gasteiger partial charge in [-0.2, -0.15) is 0 Å². The van der Waals surface area contributed by atoms with Crippen molar-refractivity contribution in [1.82, 2.24) is 19.9 Å². The van der Waals surface area contributed by atoms with E-state index in [1.165, 1.54) is 73.1 Å². The van der Waals surface area contributed by atoms with Crippen LogP contribution in [0.25, 0.3) is 55.8 Å². The third kappa shape index (κ3) is 28.0. The number of benzene rings is 7. The maximum atomic E-state index is 13.4. The number of anilines is 3.